The molecule has 2 aromatic rings. The van der Waals surface area contributed by atoms with E-state index in [0.29, 0.717) is 11.5 Å². The Morgan fingerprint density at radius 1 is 1.52 bits per heavy atom. The molecule has 2 aromatic heterocycles. The zero-order valence-electron chi connectivity index (χ0n) is 11.0. The van der Waals surface area contributed by atoms with Crippen molar-refractivity contribution in [3.05, 3.63) is 47.9 Å². The second-order valence-electron chi connectivity index (χ2n) is 4.70. The van der Waals surface area contributed by atoms with Gasteiger partial charge in [-0.2, -0.15) is 0 Å². The van der Waals surface area contributed by atoms with Gasteiger partial charge in [-0.3, -0.25) is 4.79 Å². The standard InChI is InChI=1S/C14H13N3O4/c18-13(4-3-9-2-1-5-21-9)17-7-11-10(15-8-16-11)6-12(17)14(19)20/h1-5,8,12H,6-7H2,(H,15,16)(H,19,20). The highest BCUT2D eigenvalue weighted by Gasteiger charge is 2.35. The number of aliphatic carboxylic acids is 1. The molecule has 108 valence electrons. The molecule has 0 bridgehead atoms. The minimum Gasteiger partial charge on any atom is -0.480 e. The predicted octanol–water partition coefficient (Wildman–Crippen LogP) is 1.05. The Hall–Kier alpha value is -2.83. The molecule has 1 atom stereocenters. The van der Waals surface area contributed by atoms with Crippen molar-refractivity contribution < 1.29 is 19.1 Å². The third-order valence-electron chi connectivity index (χ3n) is 3.40. The van der Waals surface area contributed by atoms with E-state index in [4.69, 9.17) is 4.42 Å². The van der Waals surface area contributed by atoms with Gasteiger partial charge >= 0.3 is 5.97 Å². The van der Waals surface area contributed by atoms with Crippen LogP contribution in [0.2, 0.25) is 0 Å². The predicted molar refractivity (Wildman–Crippen MR) is 72.0 cm³/mol. The van der Waals surface area contributed by atoms with Crippen molar-refractivity contribution in [2.24, 2.45) is 0 Å². The first-order valence-corrected chi connectivity index (χ1v) is 6.41. The summed E-state index contributed by atoms with van der Waals surface area (Å²) in [5, 5.41) is 9.30. The van der Waals surface area contributed by atoms with E-state index in [1.165, 1.54) is 29.6 Å². The Bertz CT molecular complexity index is 687. The molecule has 0 saturated heterocycles. The molecule has 0 aliphatic carbocycles. The molecule has 1 unspecified atom stereocenters. The molecule has 7 nitrogen and oxygen atoms in total. The Kier molecular flexibility index (Phi) is 3.31. The minimum atomic E-state index is -1.04. The largest absolute Gasteiger partial charge is 0.480 e. The molecule has 1 amide bonds. The van der Waals surface area contributed by atoms with E-state index in [0.717, 1.165) is 5.69 Å². The number of aromatic nitrogens is 2. The lowest BCUT2D eigenvalue weighted by Crippen LogP contribution is -2.48. The normalized spacial score (nSPS) is 17.9. The summed E-state index contributed by atoms with van der Waals surface area (Å²) < 4.78 is 5.10. The van der Waals surface area contributed by atoms with Crippen LogP contribution in [0.1, 0.15) is 17.1 Å². The highest BCUT2D eigenvalue weighted by molar-refractivity contribution is 5.94. The van der Waals surface area contributed by atoms with Crippen LogP contribution in [0.4, 0.5) is 0 Å². The maximum Gasteiger partial charge on any atom is 0.326 e. The van der Waals surface area contributed by atoms with Crippen molar-refractivity contribution in [2.75, 3.05) is 0 Å². The third-order valence-corrected chi connectivity index (χ3v) is 3.40. The number of imidazole rings is 1. The molecule has 1 aliphatic heterocycles. The molecule has 7 heteroatoms. The molecule has 3 rings (SSSR count). The maximum atomic E-state index is 12.2. The fourth-order valence-corrected chi connectivity index (χ4v) is 2.32. The molecular formula is C14H13N3O4. The van der Waals surface area contributed by atoms with E-state index in [-0.39, 0.29) is 18.9 Å². The van der Waals surface area contributed by atoms with E-state index < -0.39 is 12.0 Å². The number of rotatable bonds is 3. The molecule has 0 radical (unpaired) electrons. The SMILES string of the molecule is O=C(O)C1Cc2nc[nH]c2CN1C(=O)C=Cc1ccco1. The molecule has 2 N–H and O–H groups in total. The quantitative estimate of drug-likeness (QED) is 0.822. The van der Waals surface area contributed by atoms with Crippen LogP contribution in [0.25, 0.3) is 6.08 Å². The number of hydrogen-bond donors (Lipinski definition) is 2. The van der Waals surface area contributed by atoms with Crippen LogP contribution in [-0.2, 0) is 22.6 Å². The summed E-state index contributed by atoms with van der Waals surface area (Å²) >= 11 is 0. The van der Waals surface area contributed by atoms with Gasteiger partial charge in [0.15, 0.2) is 0 Å². The van der Waals surface area contributed by atoms with Gasteiger partial charge in [-0.15, -0.1) is 0 Å². The molecule has 1 aliphatic rings. The Labute approximate surface area is 119 Å². The van der Waals surface area contributed by atoms with Crippen LogP contribution in [0.3, 0.4) is 0 Å². The average molecular weight is 287 g/mol. The van der Waals surface area contributed by atoms with Gasteiger partial charge in [-0.05, 0) is 18.2 Å². The number of hydrogen-bond acceptors (Lipinski definition) is 4. The second-order valence-corrected chi connectivity index (χ2v) is 4.70. The van der Waals surface area contributed by atoms with Crippen LogP contribution in [0.15, 0.2) is 35.2 Å². The van der Waals surface area contributed by atoms with Crippen molar-refractivity contribution in [1.29, 1.82) is 0 Å². The van der Waals surface area contributed by atoms with Gasteiger partial charge in [0, 0.05) is 12.5 Å². The Balaban J connectivity index is 1.82. The van der Waals surface area contributed by atoms with Crippen molar-refractivity contribution in [2.45, 2.75) is 19.0 Å². The number of fused-ring (bicyclic) bond motifs is 1. The third kappa shape index (κ3) is 2.58. The monoisotopic (exact) mass is 287 g/mol. The highest BCUT2D eigenvalue weighted by atomic mass is 16.4. The number of H-pyrrole nitrogens is 1. The summed E-state index contributed by atoms with van der Waals surface area (Å²) in [5.41, 5.74) is 1.47. The smallest absolute Gasteiger partial charge is 0.326 e. The van der Waals surface area contributed by atoms with E-state index >= 15 is 0 Å². The average Bonchev–Trinajstić information content (AvgIpc) is 3.13. The number of carbonyl (C=O) groups excluding carboxylic acids is 1. The lowest BCUT2D eigenvalue weighted by Gasteiger charge is -2.31. The molecule has 0 saturated carbocycles. The highest BCUT2D eigenvalue weighted by Crippen LogP contribution is 2.21. The minimum absolute atomic E-state index is 0.202. The first-order chi connectivity index (χ1) is 10.1. The topological polar surface area (TPSA) is 99.4 Å². The Morgan fingerprint density at radius 2 is 2.38 bits per heavy atom. The van der Waals surface area contributed by atoms with E-state index in [2.05, 4.69) is 9.97 Å². The first kappa shape index (κ1) is 13.2. The summed E-state index contributed by atoms with van der Waals surface area (Å²) in [6.45, 7) is 0.202. The molecule has 0 fully saturated rings. The molecular weight excluding hydrogens is 274 g/mol. The first-order valence-electron chi connectivity index (χ1n) is 6.41. The number of amides is 1. The number of carboxylic acids is 1. The lowest BCUT2D eigenvalue weighted by atomic mass is 10.0. The van der Waals surface area contributed by atoms with Gasteiger partial charge in [-0.1, -0.05) is 0 Å². The number of nitrogens with one attached hydrogen (secondary N) is 1. The van der Waals surface area contributed by atoms with Gasteiger partial charge in [0.25, 0.3) is 0 Å². The molecule has 3 heterocycles. The summed E-state index contributed by atoms with van der Waals surface area (Å²) in [4.78, 5) is 31.9. The fourth-order valence-electron chi connectivity index (χ4n) is 2.32. The molecule has 0 aromatic carbocycles. The van der Waals surface area contributed by atoms with E-state index in [9.17, 15) is 14.7 Å². The second kappa shape index (κ2) is 5.28. The van der Waals surface area contributed by atoms with Crippen LogP contribution in [0, 0.1) is 0 Å². The van der Waals surface area contributed by atoms with Crippen molar-refractivity contribution in [1.82, 2.24) is 14.9 Å². The zero-order chi connectivity index (χ0) is 14.8. The number of carbonyl (C=O) groups is 2. The van der Waals surface area contributed by atoms with Gasteiger partial charge < -0.3 is 19.4 Å². The number of nitrogens with zero attached hydrogens (tertiary/aromatic N) is 2. The number of furan rings is 1. The Morgan fingerprint density at radius 3 is 3.10 bits per heavy atom. The summed E-state index contributed by atoms with van der Waals surface area (Å²) in [5.74, 6) is -0.878. The lowest BCUT2D eigenvalue weighted by molar-refractivity contribution is -0.149. The van der Waals surface area contributed by atoms with Gasteiger partial charge in [0.05, 0.1) is 30.5 Å². The fraction of sp³-hybridized carbons (Fsp3) is 0.214. The van der Waals surface area contributed by atoms with Crippen LogP contribution in [-0.4, -0.2) is 37.9 Å². The van der Waals surface area contributed by atoms with Crippen LogP contribution >= 0.6 is 0 Å². The van der Waals surface area contributed by atoms with Crippen molar-refractivity contribution >= 4 is 18.0 Å². The summed E-state index contributed by atoms with van der Waals surface area (Å²) in [6, 6.07) is 2.51. The van der Waals surface area contributed by atoms with Gasteiger partial charge in [-0.25, -0.2) is 9.78 Å². The molecule has 0 spiro atoms. The summed E-state index contributed by atoms with van der Waals surface area (Å²) in [7, 11) is 0. The van der Waals surface area contributed by atoms with E-state index in [1.54, 1.807) is 12.1 Å². The number of aromatic amines is 1. The van der Waals surface area contributed by atoms with Crippen LogP contribution < -0.4 is 0 Å². The van der Waals surface area contributed by atoms with E-state index in [1.807, 2.05) is 0 Å². The van der Waals surface area contributed by atoms with Crippen molar-refractivity contribution in [3.63, 3.8) is 0 Å². The summed E-state index contributed by atoms with van der Waals surface area (Å²) in [6.07, 6.45) is 6.05. The van der Waals surface area contributed by atoms with Crippen LogP contribution in [0.5, 0.6) is 0 Å². The maximum absolute atomic E-state index is 12.2. The molecule has 21 heavy (non-hydrogen) atoms. The number of carboxylic acid groups (broad SMARTS) is 1. The zero-order valence-corrected chi connectivity index (χ0v) is 11.0. The van der Waals surface area contributed by atoms with Gasteiger partial charge in [0.2, 0.25) is 5.91 Å². The van der Waals surface area contributed by atoms with Gasteiger partial charge in [0.1, 0.15) is 11.8 Å². The van der Waals surface area contributed by atoms with Crippen molar-refractivity contribution in [3.8, 4) is 0 Å².